The monoisotopic (exact) mass is 806 g/mol. The first-order valence-corrected chi connectivity index (χ1v) is 21.5. The van der Waals surface area contributed by atoms with Crippen LogP contribution in [0.15, 0.2) is 268 Å². The molecule has 0 atom stereocenters. The van der Waals surface area contributed by atoms with Crippen LogP contribution in [0.3, 0.4) is 0 Å². The normalized spacial score (nSPS) is 13.2. The van der Waals surface area contributed by atoms with Gasteiger partial charge in [0.05, 0.1) is 16.4 Å². The molecule has 63 heavy (non-hydrogen) atoms. The lowest BCUT2D eigenvalue weighted by atomic mass is 9.67. The Hall–Kier alpha value is -8.20. The van der Waals surface area contributed by atoms with Crippen LogP contribution in [0.5, 0.6) is 0 Å². The molecular formula is C61H46N2. The number of rotatable bonds is 12. The number of fused-ring (bicyclic) bond motifs is 6. The molecule has 1 aromatic heterocycles. The summed E-state index contributed by atoms with van der Waals surface area (Å²) in [5.74, 6) is 0. The smallest absolute Gasteiger partial charge is 0.0714 e. The minimum Gasteiger partial charge on any atom is -0.317 e. The van der Waals surface area contributed by atoms with Gasteiger partial charge in [-0.15, -0.1) is 0 Å². The first-order chi connectivity index (χ1) is 31.1. The maximum atomic E-state index is 4.54. The SMILES string of the molecule is C=C/C(=C\C=C\c1ccccc1)N(/C=C/C=C\C(=C)c1ccc2c3ccccc3n(-c3ccccc3)c2c1)c1ccc2c(c1)C(c1ccccc1)(c1ccccc1)c1ccccc1-2. The number of hydrogen-bond donors (Lipinski definition) is 0. The van der Waals surface area contributed by atoms with Gasteiger partial charge in [0, 0.05) is 34.0 Å². The van der Waals surface area contributed by atoms with E-state index >= 15 is 0 Å². The van der Waals surface area contributed by atoms with E-state index in [4.69, 9.17) is 0 Å². The van der Waals surface area contributed by atoms with Crippen LogP contribution < -0.4 is 4.90 Å². The molecule has 10 rings (SSSR count). The highest BCUT2D eigenvalue weighted by molar-refractivity contribution is 6.10. The number of para-hydroxylation sites is 2. The summed E-state index contributed by atoms with van der Waals surface area (Å²) in [6.45, 7) is 8.85. The van der Waals surface area contributed by atoms with Crippen molar-refractivity contribution in [3.63, 3.8) is 0 Å². The third kappa shape index (κ3) is 7.08. The largest absolute Gasteiger partial charge is 0.317 e. The lowest BCUT2D eigenvalue weighted by Crippen LogP contribution is -2.28. The highest BCUT2D eigenvalue weighted by Crippen LogP contribution is 2.56. The molecule has 0 radical (unpaired) electrons. The first-order valence-electron chi connectivity index (χ1n) is 21.5. The topological polar surface area (TPSA) is 8.17 Å². The Balaban J connectivity index is 1.06. The van der Waals surface area contributed by atoms with E-state index in [1.54, 1.807) is 0 Å². The van der Waals surface area contributed by atoms with Crippen LogP contribution in [0.25, 0.3) is 50.3 Å². The number of benzene rings is 8. The molecule has 0 spiro atoms. The summed E-state index contributed by atoms with van der Waals surface area (Å²) in [4.78, 5) is 2.23. The number of nitrogens with zero attached hydrogens (tertiary/aromatic N) is 2. The molecule has 0 unspecified atom stereocenters. The second-order valence-electron chi connectivity index (χ2n) is 15.8. The minimum absolute atomic E-state index is 0.518. The van der Waals surface area contributed by atoms with E-state index in [1.165, 1.54) is 49.7 Å². The van der Waals surface area contributed by atoms with Crippen LogP contribution in [0.2, 0.25) is 0 Å². The van der Waals surface area contributed by atoms with Crippen molar-refractivity contribution in [3.05, 3.63) is 301 Å². The predicted molar refractivity (Wildman–Crippen MR) is 268 cm³/mol. The molecule has 1 aliphatic rings. The van der Waals surface area contributed by atoms with Gasteiger partial charge in [0.1, 0.15) is 0 Å². The zero-order valence-electron chi connectivity index (χ0n) is 35.1. The molecule has 0 bridgehead atoms. The summed E-state index contributed by atoms with van der Waals surface area (Å²) in [5, 5.41) is 2.45. The predicted octanol–water partition coefficient (Wildman–Crippen LogP) is 15.5. The maximum Gasteiger partial charge on any atom is 0.0714 e. The Bertz CT molecular complexity index is 3200. The molecule has 0 saturated heterocycles. The van der Waals surface area contributed by atoms with Crippen molar-refractivity contribution >= 4 is 39.1 Å². The van der Waals surface area contributed by atoms with Gasteiger partial charge in [-0.25, -0.2) is 0 Å². The maximum absolute atomic E-state index is 4.54. The van der Waals surface area contributed by atoms with Gasteiger partial charge in [0.2, 0.25) is 0 Å². The molecule has 0 fully saturated rings. The van der Waals surface area contributed by atoms with Crippen molar-refractivity contribution in [1.82, 2.24) is 4.57 Å². The lowest BCUT2D eigenvalue weighted by Gasteiger charge is -2.34. The number of allylic oxidation sites excluding steroid dienone is 7. The minimum atomic E-state index is -0.518. The fraction of sp³-hybridized carbons (Fsp3) is 0.0164. The van der Waals surface area contributed by atoms with Crippen LogP contribution in [0, 0.1) is 0 Å². The van der Waals surface area contributed by atoms with Gasteiger partial charge in [-0.2, -0.15) is 0 Å². The van der Waals surface area contributed by atoms with E-state index in [0.717, 1.165) is 39.3 Å². The van der Waals surface area contributed by atoms with E-state index in [2.05, 4.69) is 265 Å². The van der Waals surface area contributed by atoms with Crippen molar-refractivity contribution in [1.29, 1.82) is 0 Å². The van der Waals surface area contributed by atoms with Crippen molar-refractivity contribution in [2.75, 3.05) is 4.90 Å². The summed E-state index contributed by atoms with van der Waals surface area (Å²) in [6, 6.07) is 73.9. The third-order valence-corrected chi connectivity index (χ3v) is 12.3. The van der Waals surface area contributed by atoms with Gasteiger partial charge in [-0.05, 0) is 105 Å². The van der Waals surface area contributed by atoms with Gasteiger partial charge in [-0.1, -0.05) is 207 Å². The third-order valence-electron chi connectivity index (χ3n) is 12.3. The molecule has 0 aliphatic heterocycles. The molecule has 0 N–H and O–H groups in total. The van der Waals surface area contributed by atoms with Crippen LogP contribution in [-0.2, 0) is 5.41 Å². The highest BCUT2D eigenvalue weighted by atomic mass is 15.1. The Morgan fingerprint density at radius 1 is 0.524 bits per heavy atom. The first kappa shape index (κ1) is 39.0. The summed E-state index contributed by atoms with van der Waals surface area (Å²) in [6.07, 6.45) is 16.6. The molecule has 300 valence electrons. The standard InChI is InChI=1S/C61H46N2/c1-3-50(33-22-26-46-24-8-4-9-25-46)62(42-21-20-23-45(2)47-38-40-56-55-35-17-19-37-59(55)63(60(56)43-47)51-31-14-7-15-32-51)52-39-41-54-53-34-16-18-36-57(53)61(58(54)44-52,48-27-10-5-11-28-48)49-29-12-6-13-30-49/h3-44H,1-2H2/b23-20-,26-22+,42-21+,50-33+. The van der Waals surface area contributed by atoms with Crippen molar-refractivity contribution in [2.45, 2.75) is 5.41 Å². The Kier molecular flexibility index (Phi) is 10.5. The second-order valence-corrected chi connectivity index (χ2v) is 15.8. The Labute approximate surface area is 370 Å². The van der Waals surface area contributed by atoms with Gasteiger partial charge < -0.3 is 9.47 Å². The van der Waals surface area contributed by atoms with Crippen LogP contribution in [0.4, 0.5) is 5.69 Å². The summed E-state index contributed by atoms with van der Waals surface area (Å²) in [7, 11) is 0. The Morgan fingerprint density at radius 3 is 1.87 bits per heavy atom. The summed E-state index contributed by atoms with van der Waals surface area (Å²) < 4.78 is 2.34. The molecule has 9 aromatic rings. The average Bonchev–Trinajstić information content (AvgIpc) is 3.84. The van der Waals surface area contributed by atoms with Gasteiger partial charge in [0.15, 0.2) is 0 Å². The van der Waals surface area contributed by atoms with Crippen LogP contribution >= 0.6 is 0 Å². The fourth-order valence-electron chi connectivity index (χ4n) is 9.40. The van der Waals surface area contributed by atoms with Crippen molar-refractivity contribution < 1.29 is 0 Å². The summed E-state index contributed by atoms with van der Waals surface area (Å²) >= 11 is 0. The fourth-order valence-corrected chi connectivity index (χ4v) is 9.40. The second kappa shape index (κ2) is 17.0. The average molecular weight is 807 g/mol. The van der Waals surface area contributed by atoms with Gasteiger partial charge in [-0.3, -0.25) is 0 Å². The van der Waals surface area contributed by atoms with E-state index in [1.807, 2.05) is 12.1 Å². The molecular weight excluding hydrogens is 761 g/mol. The van der Waals surface area contributed by atoms with Gasteiger partial charge >= 0.3 is 0 Å². The number of anilines is 1. The van der Waals surface area contributed by atoms with Crippen molar-refractivity contribution in [3.8, 4) is 16.8 Å². The molecule has 0 amide bonds. The van der Waals surface area contributed by atoms with Crippen LogP contribution in [0.1, 0.15) is 33.4 Å². The van der Waals surface area contributed by atoms with E-state index in [0.29, 0.717) is 0 Å². The van der Waals surface area contributed by atoms with E-state index in [-0.39, 0.29) is 0 Å². The van der Waals surface area contributed by atoms with Crippen LogP contribution in [-0.4, -0.2) is 4.57 Å². The molecule has 2 heteroatoms. The quantitative estimate of drug-likeness (QED) is 0.112. The molecule has 1 aliphatic carbocycles. The number of aromatic nitrogens is 1. The van der Waals surface area contributed by atoms with E-state index < -0.39 is 5.41 Å². The lowest BCUT2D eigenvalue weighted by molar-refractivity contribution is 0.768. The van der Waals surface area contributed by atoms with E-state index in [9.17, 15) is 0 Å². The van der Waals surface area contributed by atoms with Crippen molar-refractivity contribution in [2.24, 2.45) is 0 Å². The molecule has 0 saturated carbocycles. The highest BCUT2D eigenvalue weighted by Gasteiger charge is 2.46. The zero-order chi connectivity index (χ0) is 42.6. The zero-order valence-corrected chi connectivity index (χ0v) is 35.1. The molecule has 1 heterocycles. The summed E-state index contributed by atoms with van der Waals surface area (Å²) in [5.41, 5.74) is 15.5. The molecule has 8 aromatic carbocycles. The number of hydrogen-bond acceptors (Lipinski definition) is 1. The Morgan fingerprint density at radius 2 is 1.14 bits per heavy atom. The molecule has 2 nitrogen and oxygen atoms in total. The van der Waals surface area contributed by atoms with Gasteiger partial charge in [0.25, 0.3) is 0 Å².